The smallest absolute Gasteiger partial charge is 0.243 e. The number of nitrogens with zero attached hydrogens (tertiary/aromatic N) is 2. The second-order valence-electron chi connectivity index (χ2n) is 8.87. The Morgan fingerprint density at radius 2 is 1.38 bits per heavy atom. The van der Waals surface area contributed by atoms with Gasteiger partial charge in [0.25, 0.3) is 0 Å². The van der Waals surface area contributed by atoms with Crippen LogP contribution < -0.4 is 0 Å². The molecule has 0 radical (unpaired) electrons. The Bertz CT molecular complexity index is 1240. The van der Waals surface area contributed by atoms with Crippen LogP contribution in [0.25, 0.3) is 0 Å². The van der Waals surface area contributed by atoms with E-state index in [2.05, 4.69) is 29.2 Å². The van der Waals surface area contributed by atoms with E-state index in [1.807, 2.05) is 24.3 Å². The largest absolute Gasteiger partial charge is 0.379 e. The molecule has 0 amide bonds. The maximum Gasteiger partial charge on any atom is 0.243 e. The highest BCUT2D eigenvalue weighted by molar-refractivity contribution is 7.89. The van der Waals surface area contributed by atoms with Gasteiger partial charge in [0.2, 0.25) is 10.0 Å². The third-order valence-electron chi connectivity index (χ3n) is 6.48. The van der Waals surface area contributed by atoms with Gasteiger partial charge in [-0.15, -0.1) is 0 Å². The van der Waals surface area contributed by atoms with Crippen molar-refractivity contribution in [2.24, 2.45) is 0 Å². The number of hydrogen-bond donors (Lipinski definition) is 0. The van der Waals surface area contributed by atoms with Crippen LogP contribution in [0.2, 0.25) is 0 Å². The van der Waals surface area contributed by atoms with E-state index in [1.165, 1.54) is 21.0 Å². The number of morpholine rings is 1. The van der Waals surface area contributed by atoms with Crippen molar-refractivity contribution in [2.75, 3.05) is 26.3 Å². The van der Waals surface area contributed by atoms with Crippen LogP contribution in [0.5, 0.6) is 0 Å². The molecule has 0 saturated carbocycles. The lowest BCUT2D eigenvalue weighted by molar-refractivity contribution is 0.0730. The predicted molar refractivity (Wildman–Crippen MR) is 130 cm³/mol. The Balaban J connectivity index is 1.18. The molecule has 0 N–H and O–H groups in total. The van der Waals surface area contributed by atoms with Crippen molar-refractivity contribution >= 4 is 15.8 Å². The fourth-order valence-electron chi connectivity index (χ4n) is 4.57. The second kappa shape index (κ2) is 9.80. The van der Waals surface area contributed by atoms with E-state index < -0.39 is 10.0 Å². The van der Waals surface area contributed by atoms with E-state index in [0.717, 1.165) is 25.2 Å². The number of sulfonamides is 1. The first-order valence-corrected chi connectivity index (χ1v) is 13.0. The van der Waals surface area contributed by atoms with Crippen molar-refractivity contribution in [2.45, 2.75) is 31.0 Å². The Labute approximate surface area is 200 Å². The summed E-state index contributed by atoms with van der Waals surface area (Å²) in [5.74, 6) is 0.0175. The van der Waals surface area contributed by atoms with Gasteiger partial charge in [0.15, 0.2) is 5.78 Å². The normalized spacial score (nSPS) is 16.9. The SMILES string of the molecule is O=C(Cc1ccc(S(=O)(=O)N2CCOCC2)cc1)c1ccc(CN2Cc3ccccc3C2)cc1. The maximum atomic E-state index is 12.8. The van der Waals surface area contributed by atoms with Crippen molar-refractivity contribution in [1.82, 2.24) is 9.21 Å². The lowest BCUT2D eigenvalue weighted by Gasteiger charge is -2.26. The quantitative estimate of drug-likeness (QED) is 0.487. The zero-order valence-electron chi connectivity index (χ0n) is 19.0. The molecule has 1 fully saturated rings. The standard InChI is InChI=1S/C27H28N2O4S/c30-27(17-21-7-11-26(12-8-21)34(31,32)29-13-15-33-16-14-29)23-9-5-22(6-10-23)18-28-19-24-3-1-2-4-25(24)20-28/h1-12H,13-20H2. The van der Waals surface area contributed by atoms with Crippen LogP contribution in [0.3, 0.4) is 0 Å². The van der Waals surface area contributed by atoms with E-state index in [9.17, 15) is 13.2 Å². The molecule has 1 saturated heterocycles. The molecule has 0 spiro atoms. The number of ether oxygens (including phenoxy) is 1. The maximum absolute atomic E-state index is 12.8. The number of rotatable bonds is 7. The summed E-state index contributed by atoms with van der Waals surface area (Å²) in [6.07, 6.45) is 0.235. The number of Topliss-reactive ketones (excluding diaryl/α,β-unsaturated/α-hetero) is 1. The van der Waals surface area contributed by atoms with E-state index in [0.29, 0.717) is 31.9 Å². The van der Waals surface area contributed by atoms with Gasteiger partial charge >= 0.3 is 0 Å². The first-order chi connectivity index (χ1) is 16.5. The fourth-order valence-corrected chi connectivity index (χ4v) is 5.98. The third kappa shape index (κ3) is 4.98. The van der Waals surface area contributed by atoms with Crippen molar-refractivity contribution < 1.29 is 17.9 Å². The summed E-state index contributed by atoms with van der Waals surface area (Å²) in [5.41, 5.74) is 5.42. The summed E-state index contributed by atoms with van der Waals surface area (Å²) in [4.78, 5) is 15.4. The van der Waals surface area contributed by atoms with Gasteiger partial charge in [0.05, 0.1) is 18.1 Å². The number of hydrogen-bond acceptors (Lipinski definition) is 5. The van der Waals surface area contributed by atoms with Gasteiger partial charge in [0.1, 0.15) is 0 Å². The first kappa shape index (κ1) is 22.9. The molecule has 6 nitrogen and oxygen atoms in total. The zero-order valence-corrected chi connectivity index (χ0v) is 19.8. The van der Waals surface area contributed by atoms with Gasteiger partial charge in [-0.1, -0.05) is 60.7 Å². The van der Waals surface area contributed by atoms with Crippen LogP contribution in [0, 0.1) is 0 Å². The molecule has 176 valence electrons. The summed E-state index contributed by atoms with van der Waals surface area (Å²) in [5, 5.41) is 0. The van der Waals surface area contributed by atoms with Gasteiger partial charge in [-0.3, -0.25) is 9.69 Å². The molecule has 0 aromatic heterocycles. The Hall–Kier alpha value is -2.84. The van der Waals surface area contributed by atoms with Crippen LogP contribution in [-0.4, -0.2) is 49.7 Å². The number of fused-ring (bicyclic) bond motifs is 1. The number of carbonyl (C=O) groups excluding carboxylic acids is 1. The molecule has 34 heavy (non-hydrogen) atoms. The lowest BCUT2D eigenvalue weighted by Crippen LogP contribution is -2.40. The molecule has 7 heteroatoms. The fraction of sp³-hybridized carbons (Fsp3) is 0.296. The minimum atomic E-state index is -3.53. The molecule has 3 aromatic rings. The Morgan fingerprint density at radius 1 is 0.794 bits per heavy atom. The third-order valence-corrected chi connectivity index (χ3v) is 8.40. The first-order valence-electron chi connectivity index (χ1n) is 11.6. The molecule has 2 heterocycles. The predicted octanol–water partition coefficient (Wildman–Crippen LogP) is 3.65. The molecule has 2 aliphatic rings. The lowest BCUT2D eigenvalue weighted by atomic mass is 10.0. The van der Waals surface area contributed by atoms with Gasteiger partial charge < -0.3 is 4.74 Å². The highest BCUT2D eigenvalue weighted by atomic mass is 32.2. The van der Waals surface area contributed by atoms with Gasteiger partial charge in [0, 0.05) is 44.7 Å². The molecular formula is C27H28N2O4S. The molecule has 0 aliphatic carbocycles. The highest BCUT2D eigenvalue weighted by Crippen LogP contribution is 2.24. The minimum absolute atomic E-state index is 0.0175. The van der Waals surface area contributed by atoms with E-state index >= 15 is 0 Å². The highest BCUT2D eigenvalue weighted by Gasteiger charge is 2.26. The second-order valence-corrected chi connectivity index (χ2v) is 10.8. The average molecular weight is 477 g/mol. The zero-order chi connectivity index (χ0) is 23.5. The Morgan fingerprint density at radius 3 is 2.00 bits per heavy atom. The van der Waals surface area contributed by atoms with Crippen LogP contribution in [-0.2, 0) is 40.8 Å². The van der Waals surface area contributed by atoms with Gasteiger partial charge in [-0.2, -0.15) is 4.31 Å². The molecular weight excluding hydrogens is 448 g/mol. The van der Waals surface area contributed by atoms with E-state index in [-0.39, 0.29) is 17.1 Å². The van der Waals surface area contributed by atoms with Crippen molar-refractivity contribution in [3.05, 3.63) is 101 Å². The van der Waals surface area contributed by atoms with Gasteiger partial charge in [-0.25, -0.2) is 8.42 Å². The van der Waals surface area contributed by atoms with Gasteiger partial charge in [-0.05, 0) is 34.4 Å². The molecule has 0 atom stereocenters. The summed E-state index contributed by atoms with van der Waals surface area (Å²) >= 11 is 0. The van der Waals surface area contributed by atoms with Crippen LogP contribution in [0.15, 0.2) is 77.7 Å². The molecule has 3 aromatic carbocycles. The summed E-state index contributed by atoms with van der Waals surface area (Å²) < 4.78 is 32.2. The van der Waals surface area contributed by atoms with Crippen molar-refractivity contribution in [1.29, 1.82) is 0 Å². The van der Waals surface area contributed by atoms with Crippen molar-refractivity contribution in [3.8, 4) is 0 Å². The number of benzene rings is 3. The van der Waals surface area contributed by atoms with Crippen molar-refractivity contribution in [3.63, 3.8) is 0 Å². The molecule has 2 aliphatic heterocycles. The van der Waals surface area contributed by atoms with Crippen LogP contribution in [0.4, 0.5) is 0 Å². The van der Waals surface area contributed by atoms with E-state index in [1.54, 1.807) is 24.3 Å². The Kier molecular flexibility index (Phi) is 6.61. The minimum Gasteiger partial charge on any atom is -0.379 e. The topological polar surface area (TPSA) is 66.9 Å². The summed E-state index contributed by atoms with van der Waals surface area (Å²) in [6, 6.07) is 23.0. The molecule has 0 bridgehead atoms. The van der Waals surface area contributed by atoms with Crippen LogP contribution in [0.1, 0.15) is 32.6 Å². The molecule has 5 rings (SSSR count). The van der Waals surface area contributed by atoms with Crippen LogP contribution >= 0.6 is 0 Å². The van der Waals surface area contributed by atoms with E-state index in [4.69, 9.17) is 4.74 Å². The molecule has 0 unspecified atom stereocenters. The summed E-state index contributed by atoms with van der Waals surface area (Å²) in [7, 11) is -3.53. The monoisotopic (exact) mass is 476 g/mol. The average Bonchev–Trinajstić information content (AvgIpc) is 3.27. The number of ketones is 1. The summed E-state index contributed by atoms with van der Waals surface area (Å²) in [6.45, 7) is 4.31. The number of carbonyl (C=O) groups is 1.